The number of benzene rings is 1. The SMILES string of the molecule is CC1CN(Cc2ccccc2)C(C)(C)C1(C)N. The summed E-state index contributed by atoms with van der Waals surface area (Å²) in [5.74, 6) is 0.529. The Morgan fingerprint density at radius 3 is 2.29 bits per heavy atom. The average Bonchev–Trinajstić information content (AvgIpc) is 2.41. The zero-order chi connectivity index (χ0) is 12.7. The van der Waals surface area contributed by atoms with Crippen molar-refractivity contribution in [3.63, 3.8) is 0 Å². The van der Waals surface area contributed by atoms with Gasteiger partial charge < -0.3 is 5.73 Å². The molecule has 0 amide bonds. The van der Waals surface area contributed by atoms with Crippen LogP contribution in [0, 0.1) is 5.92 Å². The third-order valence-corrected chi connectivity index (χ3v) is 4.84. The number of nitrogens with zero attached hydrogens (tertiary/aromatic N) is 1. The van der Waals surface area contributed by atoms with Gasteiger partial charge in [0.2, 0.25) is 0 Å². The van der Waals surface area contributed by atoms with Gasteiger partial charge in [-0.3, -0.25) is 4.90 Å². The molecular formula is C15H24N2. The maximum atomic E-state index is 6.50. The van der Waals surface area contributed by atoms with Crippen LogP contribution in [0.5, 0.6) is 0 Å². The Labute approximate surface area is 105 Å². The molecular weight excluding hydrogens is 208 g/mol. The Morgan fingerprint density at radius 2 is 1.82 bits per heavy atom. The first-order valence-corrected chi connectivity index (χ1v) is 6.43. The fourth-order valence-electron chi connectivity index (χ4n) is 2.76. The summed E-state index contributed by atoms with van der Waals surface area (Å²) in [6.45, 7) is 11.0. The number of hydrogen-bond donors (Lipinski definition) is 1. The topological polar surface area (TPSA) is 29.3 Å². The summed E-state index contributed by atoms with van der Waals surface area (Å²) >= 11 is 0. The van der Waals surface area contributed by atoms with E-state index in [1.807, 2.05) is 0 Å². The van der Waals surface area contributed by atoms with Gasteiger partial charge in [-0.1, -0.05) is 37.3 Å². The monoisotopic (exact) mass is 232 g/mol. The molecule has 0 aliphatic carbocycles. The second kappa shape index (κ2) is 4.11. The summed E-state index contributed by atoms with van der Waals surface area (Å²) in [5, 5.41) is 0. The molecule has 1 aromatic carbocycles. The largest absolute Gasteiger partial charge is 0.324 e. The maximum Gasteiger partial charge on any atom is 0.0345 e. The lowest BCUT2D eigenvalue weighted by molar-refractivity contribution is 0.118. The molecule has 0 spiro atoms. The van der Waals surface area contributed by atoms with Crippen molar-refractivity contribution >= 4 is 0 Å². The van der Waals surface area contributed by atoms with Crippen molar-refractivity contribution < 1.29 is 0 Å². The van der Waals surface area contributed by atoms with Gasteiger partial charge in [0.05, 0.1) is 0 Å². The Balaban J connectivity index is 2.19. The smallest absolute Gasteiger partial charge is 0.0345 e. The van der Waals surface area contributed by atoms with Gasteiger partial charge in [0, 0.05) is 24.2 Å². The molecule has 2 unspecified atom stereocenters. The quantitative estimate of drug-likeness (QED) is 0.849. The average molecular weight is 232 g/mol. The van der Waals surface area contributed by atoms with E-state index in [0.717, 1.165) is 13.1 Å². The molecule has 2 nitrogen and oxygen atoms in total. The molecule has 2 rings (SSSR count). The van der Waals surface area contributed by atoms with E-state index in [9.17, 15) is 0 Å². The zero-order valence-electron chi connectivity index (χ0n) is 11.4. The minimum absolute atomic E-state index is 0.0439. The first-order chi connectivity index (χ1) is 7.85. The molecule has 1 aliphatic heterocycles. The lowest BCUT2D eigenvalue weighted by Gasteiger charge is -2.42. The molecule has 2 atom stereocenters. The second-order valence-corrected chi connectivity index (χ2v) is 6.11. The van der Waals surface area contributed by atoms with Crippen LogP contribution in [0.25, 0.3) is 0 Å². The minimum Gasteiger partial charge on any atom is -0.324 e. The van der Waals surface area contributed by atoms with Crippen LogP contribution in [0.4, 0.5) is 0 Å². The summed E-state index contributed by atoms with van der Waals surface area (Å²) in [7, 11) is 0. The molecule has 0 bridgehead atoms. The number of hydrogen-bond acceptors (Lipinski definition) is 2. The molecule has 1 fully saturated rings. The summed E-state index contributed by atoms with van der Waals surface area (Å²) in [6.07, 6.45) is 0. The van der Waals surface area contributed by atoms with Crippen LogP contribution in [0.1, 0.15) is 33.3 Å². The van der Waals surface area contributed by atoms with Gasteiger partial charge in [0.1, 0.15) is 0 Å². The highest BCUT2D eigenvalue weighted by atomic mass is 15.3. The molecule has 1 aromatic rings. The summed E-state index contributed by atoms with van der Waals surface area (Å²) < 4.78 is 0. The fourth-order valence-corrected chi connectivity index (χ4v) is 2.76. The minimum atomic E-state index is -0.123. The molecule has 1 heterocycles. The highest BCUT2D eigenvalue weighted by Gasteiger charge is 2.51. The Bertz CT molecular complexity index is 381. The van der Waals surface area contributed by atoms with Gasteiger partial charge >= 0.3 is 0 Å². The van der Waals surface area contributed by atoms with E-state index in [1.165, 1.54) is 5.56 Å². The number of likely N-dealkylation sites (tertiary alicyclic amines) is 1. The number of nitrogens with two attached hydrogens (primary N) is 1. The normalized spacial score (nSPS) is 32.9. The fraction of sp³-hybridized carbons (Fsp3) is 0.600. The van der Waals surface area contributed by atoms with Crippen molar-refractivity contribution in [2.45, 2.75) is 45.3 Å². The van der Waals surface area contributed by atoms with E-state index in [-0.39, 0.29) is 11.1 Å². The van der Waals surface area contributed by atoms with E-state index >= 15 is 0 Å². The van der Waals surface area contributed by atoms with E-state index < -0.39 is 0 Å². The van der Waals surface area contributed by atoms with E-state index in [4.69, 9.17) is 5.73 Å². The summed E-state index contributed by atoms with van der Waals surface area (Å²) in [6, 6.07) is 10.6. The predicted octanol–water partition coefficient (Wildman–Crippen LogP) is 2.63. The van der Waals surface area contributed by atoms with Gasteiger partial charge in [0.15, 0.2) is 0 Å². The van der Waals surface area contributed by atoms with Crippen molar-refractivity contribution in [2.24, 2.45) is 11.7 Å². The van der Waals surface area contributed by atoms with Gasteiger partial charge in [-0.2, -0.15) is 0 Å². The summed E-state index contributed by atoms with van der Waals surface area (Å²) in [4.78, 5) is 2.51. The van der Waals surface area contributed by atoms with Crippen molar-refractivity contribution in [1.29, 1.82) is 0 Å². The van der Waals surface area contributed by atoms with Crippen LogP contribution in [0.2, 0.25) is 0 Å². The van der Waals surface area contributed by atoms with Crippen LogP contribution in [0.15, 0.2) is 30.3 Å². The third-order valence-electron chi connectivity index (χ3n) is 4.84. The second-order valence-electron chi connectivity index (χ2n) is 6.11. The molecule has 94 valence electrons. The van der Waals surface area contributed by atoms with Crippen molar-refractivity contribution in [1.82, 2.24) is 4.90 Å². The Hall–Kier alpha value is -0.860. The van der Waals surface area contributed by atoms with Crippen LogP contribution in [-0.4, -0.2) is 22.5 Å². The predicted molar refractivity (Wildman–Crippen MR) is 72.7 cm³/mol. The van der Waals surface area contributed by atoms with Crippen LogP contribution in [-0.2, 0) is 6.54 Å². The third kappa shape index (κ3) is 2.00. The maximum absolute atomic E-state index is 6.50. The highest BCUT2D eigenvalue weighted by Crippen LogP contribution is 2.40. The number of rotatable bonds is 2. The van der Waals surface area contributed by atoms with Gasteiger partial charge in [-0.15, -0.1) is 0 Å². The lowest BCUT2D eigenvalue weighted by Crippen LogP contribution is -2.58. The Morgan fingerprint density at radius 1 is 1.24 bits per heavy atom. The first-order valence-electron chi connectivity index (χ1n) is 6.43. The molecule has 0 aromatic heterocycles. The van der Waals surface area contributed by atoms with E-state index in [2.05, 4.69) is 62.9 Å². The lowest BCUT2D eigenvalue weighted by atomic mass is 9.77. The first kappa shape index (κ1) is 12.6. The highest BCUT2D eigenvalue weighted by molar-refractivity contribution is 5.18. The van der Waals surface area contributed by atoms with Crippen molar-refractivity contribution in [3.8, 4) is 0 Å². The molecule has 17 heavy (non-hydrogen) atoms. The van der Waals surface area contributed by atoms with Gasteiger partial charge in [-0.25, -0.2) is 0 Å². The molecule has 0 radical (unpaired) electrons. The van der Waals surface area contributed by atoms with Crippen LogP contribution < -0.4 is 5.73 Å². The standard InChI is InChI=1S/C15H24N2/c1-12-10-17(14(2,3)15(12,4)16)11-13-8-6-5-7-9-13/h5-9,12H,10-11,16H2,1-4H3. The van der Waals surface area contributed by atoms with Crippen molar-refractivity contribution in [3.05, 3.63) is 35.9 Å². The summed E-state index contributed by atoms with van der Waals surface area (Å²) in [5.41, 5.74) is 7.79. The molecule has 2 heteroatoms. The van der Waals surface area contributed by atoms with Gasteiger partial charge in [0.25, 0.3) is 0 Å². The van der Waals surface area contributed by atoms with Crippen molar-refractivity contribution in [2.75, 3.05) is 6.54 Å². The van der Waals surface area contributed by atoms with Crippen LogP contribution >= 0.6 is 0 Å². The molecule has 0 saturated carbocycles. The van der Waals surface area contributed by atoms with Crippen LogP contribution in [0.3, 0.4) is 0 Å². The van der Waals surface area contributed by atoms with Gasteiger partial charge in [-0.05, 0) is 32.3 Å². The molecule has 1 aliphatic rings. The zero-order valence-corrected chi connectivity index (χ0v) is 11.4. The molecule has 1 saturated heterocycles. The molecule has 2 N–H and O–H groups in total. The van der Waals surface area contributed by atoms with E-state index in [1.54, 1.807) is 0 Å². The Kier molecular flexibility index (Phi) is 3.04. The van der Waals surface area contributed by atoms with E-state index in [0.29, 0.717) is 5.92 Å².